The van der Waals surface area contributed by atoms with Gasteiger partial charge in [-0.25, -0.2) is 0 Å². The molecule has 1 aromatic rings. The number of carbonyl (C=O) groups excluding carboxylic acids is 1. The number of amides is 1. The number of benzene rings is 1. The van der Waals surface area contributed by atoms with E-state index in [-0.39, 0.29) is 28.2 Å². The molecule has 0 heterocycles. The van der Waals surface area contributed by atoms with Gasteiger partial charge in [-0.2, -0.15) is 0 Å². The average molecular weight is 311 g/mol. The molecule has 0 spiro atoms. The Bertz CT molecular complexity index is 554. The fourth-order valence-electron chi connectivity index (χ4n) is 2.78. The highest BCUT2D eigenvalue weighted by Crippen LogP contribution is 2.29. The first-order chi connectivity index (χ1) is 9.90. The van der Waals surface area contributed by atoms with Crippen LogP contribution in [0.3, 0.4) is 0 Å². The molecule has 21 heavy (non-hydrogen) atoms. The number of rotatable bonds is 3. The van der Waals surface area contributed by atoms with Gasteiger partial charge in [0.2, 0.25) is 0 Å². The molecule has 0 N–H and O–H groups in total. The van der Waals surface area contributed by atoms with E-state index in [0.717, 1.165) is 25.7 Å². The van der Waals surface area contributed by atoms with Crippen molar-refractivity contribution in [3.05, 3.63) is 38.9 Å². The highest BCUT2D eigenvalue weighted by Gasteiger charge is 2.27. The second-order valence-corrected chi connectivity index (χ2v) is 6.16. The normalized spacial score (nSPS) is 21.9. The van der Waals surface area contributed by atoms with Gasteiger partial charge in [-0.1, -0.05) is 18.5 Å². The Labute approximate surface area is 129 Å². The summed E-state index contributed by atoms with van der Waals surface area (Å²) in [7, 11) is 1.75. The maximum absolute atomic E-state index is 12.5. The molecule has 0 aromatic heterocycles. The van der Waals surface area contributed by atoms with E-state index in [1.807, 2.05) is 0 Å². The Morgan fingerprint density at radius 3 is 2.52 bits per heavy atom. The van der Waals surface area contributed by atoms with E-state index in [9.17, 15) is 14.9 Å². The molecule has 5 nitrogen and oxygen atoms in total. The molecule has 114 valence electrons. The van der Waals surface area contributed by atoms with Gasteiger partial charge in [0.1, 0.15) is 0 Å². The van der Waals surface area contributed by atoms with Gasteiger partial charge in [-0.3, -0.25) is 14.9 Å². The van der Waals surface area contributed by atoms with Crippen molar-refractivity contribution in [3.8, 4) is 0 Å². The Balaban J connectivity index is 2.19. The number of hydrogen-bond acceptors (Lipinski definition) is 3. The Kier molecular flexibility index (Phi) is 4.83. The van der Waals surface area contributed by atoms with Crippen molar-refractivity contribution in [1.29, 1.82) is 0 Å². The molecule has 1 saturated carbocycles. The van der Waals surface area contributed by atoms with E-state index in [2.05, 4.69) is 6.92 Å². The van der Waals surface area contributed by atoms with Gasteiger partial charge in [0, 0.05) is 25.2 Å². The predicted octanol–water partition coefficient (Wildman–Crippen LogP) is 3.90. The van der Waals surface area contributed by atoms with Crippen LogP contribution in [0.1, 0.15) is 43.0 Å². The zero-order valence-electron chi connectivity index (χ0n) is 12.2. The summed E-state index contributed by atoms with van der Waals surface area (Å²) in [6, 6.07) is 4.15. The quantitative estimate of drug-likeness (QED) is 0.628. The third-order valence-electron chi connectivity index (χ3n) is 4.24. The Morgan fingerprint density at radius 2 is 1.95 bits per heavy atom. The molecule has 0 radical (unpaired) electrons. The summed E-state index contributed by atoms with van der Waals surface area (Å²) in [4.78, 5) is 24.5. The molecule has 0 atom stereocenters. The van der Waals surface area contributed by atoms with Crippen LogP contribution in [0.15, 0.2) is 18.2 Å². The van der Waals surface area contributed by atoms with Crippen molar-refractivity contribution in [3.63, 3.8) is 0 Å². The second-order valence-electron chi connectivity index (χ2n) is 5.75. The van der Waals surface area contributed by atoms with Crippen molar-refractivity contribution in [2.75, 3.05) is 7.05 Å². The van der Waals surface area contributed by atoms with Crippen LogP contribution in [0.5, 0.6) is 0 Å². The van der Waals surface area contributed by atoms with Gasteiger partial charge in [-0.15, -0.1) is 0 Å². The van der Waals surface area contributed by atoms with Gasteiger partial charge >= 0.3 is 0 Å². The van der Waals surface area contributed by atoms with Crippen LogP contribution < -0.4 is 0 Å². The Morgan fingerprint density at radius 1 is 1.33 bits per heavy atom. The van der Waals surface area contributed by atoms with Gasteiger partial charge in [0.25, 0.3) is 11.6 Å². The lowest BCUT2D eigenvalue weighted by Gasteiger charge is -2.33. The van der Waals surface area contributed by atoms with Crippen LogP contribution in [0.25, 0.3) is 0 Å². The molecule has 0 saturated heterocycles. The lowest BCUT2D eigenvalue weighted by atomic mass is 9.86. The molecule has 1 aliphatic carbocycles. The van der Waals surface area contributed by atoms with E-state index < -0.39 is 4.92 Å². The largest absolute Gasteiger partial charge is 0.339 e. The first kappa shape index (κ1) is 15.8. The third-order valence-corrected chi connectivity index (χ3v) is 4.57. The smallest absolute Gasteiger partial charge is 0.270 e. The van der Waals surface area contributed by atoms with Crippen LogP contribution in [-0.4, -0.2) is 28.8 Å². The zero-order chi connectivity index (χ0) is 15.6. The molecule has 2 rings (SSSR count). The molecule has 0 aliphatic heterocycles. The maximum atomic E-state index is 12.5. The van der Waals surface area contributed by atoms with Crippen molar-refractivity contribution < 1.29 is 9.72 Å². The molecule has 6 heteroatoms. The summed E-state index contributed by atoms with van der Waals surface area (Å²) in [6.07, 6.45) is 4.14. The highest BCUT2D eigenvalue weighted by molar-refractivity contribution is 6.33. The molecule has 0 unspecified atom stereocenters. The van der Waals surface area contributed by atoms with Gasteiger partial charge < -0.3 is 4.90 Å². The van der Waals surface area contributed by atoms with Crippen molar-refractivity contribution in [2.45, 2.75) is 38.6 Å². The van der Waals surface area contributed by atoms with Crippen molar-refractivity contribution >= 4 is 23.2 Å². The first-order valence-electron chi connectivity index (χ1n) is 7.11. The van der Waals surface area contributed by atoms with E-state index in [1.165, 1.54) is 18.2 Å². The summed E-state index contributed by atoms with van der Waals surface area (Å²) in [5.41, 5.74) is 0.0837. The van der Waals surface area contributed by atoms with E-state index in [4.69, 9.17) is 11.6 Å². The van der Waals surface area contributed by atoms with Crippen LogP contribution >= 0.6 is 11.6 Å². The number of nitro groups is 1. The third kappa shape index (κ3) is 3.53. The number of halogens is 1. The van der Waals surface area contributed by atoms with Crippen molar-refractivity contribution in [2.24, 2.45) is 5.92 Å². The van der Waals surface area contributed by atoms with Crippen molar-refractivity contribution in [1.82, 2.24) is 4.90 Å². The summed E-state index contributed by atoms with van der Waals surface area (Å²) < 4.78 is 0. The highest BCUT2D eigenvalue weighted by atomic mass is 35.5. The number of non-ortho nitro benzene ring substituents is 1. The summed E-state index contributed by atoms with van der Waals surface area (Å²) in [6.45, 7) is 2.22. The Hall–Kier alpha value is -1.62. The maximum Gasteiger partial charge on any atom is 0.270 e. The lowest BCUT2D eigenvalue weighted by molar-refractivity contribution is -0.384. The average Bonchev–Trinajstić information content (AvgIpc) is 2.47. The lowest BCUT2D eigenvalue weighted by Crippen LogP contribution is -2.39. The minimum atomic E-state index is -0.518. The van der Waals surface area contributed by atoms with Crippen LogP contribution in [0, 0.1) is 16.0 Å². The van der Waals surface area contributed by atoms with Crippen LogP contribution in [0.2, 0.25) is 5.02 Å². The molecular weight excluding hydrogens is 292 g/mol. The first-order valence-corrected chi connectivity index (χ1v) is 7.49. The predicted molar refractivity (Wildman–Crippen MR) is 81.6 cm³/mol. The summed E-state index contributed by atoms with van der Waals surface area (Å²) in [5.74, 6) is 0.453. The van der Waals surface area contributed by atoms with Gasteiger partial charge in [-0.05, 0) is 37.7 Å². The topological polar surface area (TPSA) is 63.5 Å². The molecule has 0 bridgehead atoms. The monoisotopic (exact) mass is 310 g/mol. The number of carbonyl (C=O) groups is 1. The van der Waals surface area contributed by atoms with Gasteiger partial charge in [0.05, 0.1) is 15.5 Å². The van der Waals surface area contributed by atoms with E-state index in [1.54, 1.807) is 11.9 Å². The summed E-state index contributed by atoms with van der Waals surface area (Å²) >= 11 is 6.03. The molecule has 1 fully saturated rings. The summed E-state index contributed by atoms with van der Waals surface area (Å²) in [5, 5.41) is 11.1. The fraction of sp³-hybridized carbons (Fsp3) is 0.533. The zero-order valence-corrected chi connectivity index (χ0v) is 13.0. The second kappa shape index (κ2) is 6.43. The minimum absolute atomic E-state index is 0.117. The SMILES string of the molecule is CC1CCC(N(C)C(=O)c2cc([N+](=O)[O-])ccc2Cl)CC1. The standard InChI is InChI=1S/C15H19ClN2O3/c1-10-3-5-11(6-4-10)17(2)15(19)13-9-12(18(20)21)7-8-14(13)16/h7-11H,3-6H2,1-2H3. The van der Waals surface area contributed by atoms with Crippen LogP contribution in [0.4, 0.5) is 5.69 Å². The number of hydrogen-bond donors (Lipinski definition) is 0. The van der Waals surface area contributed by atoms with Gasteiger partial charge in [0.15, 0.2) is 0 Å². The molecular formula is C15H19ClN2O3. The molecule has 1 amide bonds. The molecule has 1 aliphatic rings. The molecule has 1 aromatic carbocycles. The minimum Gasteiger partial charge on any atom is -0.339 e. The van der Waals surface area contributed by atoms with E-state index in [0.29, 0.717) is 5.92 Å². The fourth-order valence-corrected chi connectivity index (χ4v) is 2.97. The van der Waals surface area contributed by atoms with Crippen LogP contribution in [-0.2, 0) is 0 Å². The van der Waals surface area contributed by atoms with E-state index >= 15 is 0 Å². The number of nitrogens with zero attached hydrogens (tertiary/aromatic N) is 2. The number of nitro benzene ring substituents is 1.